The fourth-order valence-electron chi connectivity index (χ4n) is 3.24. The molecule has 3 atom stereocenters. The lowest BCUT2D eigenvalue weighted by atomic mass is 10.1. The van der Waals surface area contributed by atoms with E-state index in [1.807, 2.05) is 0 Å². The summed E-state index contributed by atoms with van der Waals surface area (Å²) in [6.07, 6.45) is 1.59. The van der Waals surface area contributed by atoms with E-state index in [-0.39, 0.29) is 30.5 Å². The molecule has 0 radical (unpaired) electrons. The molecule has 0 aromatic heterocycles. The number of halogens is 1. The third-order valence-corrected chi connectivity index (χ3v) is 4.38. The van der Waals surface area contributed by atoms with E-state index in [2.05, 4.69) is 10.2 Å². The van der Waals surface area contributed by atoms with Gasteiger partial charge in [0, 0.05) is 37.3 Å². The molecular formula is C16H21FN2O3. The summed E-state index contributed by atoms with van der Waals surface area (Å²) in [6.45, 7) is 2.37. The van der Waals surface area contributed by atoms with Crippen molar-refractivity contribution >= 4 is 5.91 Å². The van der Waals surface area contributed by atoms with Crippen molar-refractivity contribution in [2.75, 3.05) is 26.3 Å². The maximum absolute atomic E-state index is 12.9. The number of nitrogens with zero attached hydrogens (tertiary/aromatic N) is 1. The lowest BCUT2D eigenvalue weighted by Crippen LogP contribution is -2.46. The summed E-state index contributed by atoms with van der Waals surface area (Å²) < 4.78 is 18.6. The first-order valence-electron chi connectivity index (χ1n) is 7.68. The number of nitrogens with one attached hydrogen (secondary N) is 1. The molecule has 1 aromatic rings. The topological polar surface area (TPSA) is 61.8 Å². The van der Waals surface area contributed by atoms with Crippen LogP contribution in [-0.2, 0) is 4.74 Å². The number of carbonyl (C=O) groups is 1. The zero-order valence-electron chi connectivity index (χ0n) is 12.4. The lowest BCUT2D eigenvalue weighted by molar-refractivity contribution is -0.0566. The highest BCUT2D eigenvalue weighted by molar-refractivity contribution is 5.94. The van der Waals surface area contributed by atoms with Crippen molar-refractivity contribution in [2.24, 2.45) is 0 Å². The number of fused-ring (bicyclic) bond motifs is 1. The molecule has 2 N–H and O–H groups in total. The molecule has 22 heavy (non-hydrogen) atoms. The number of hydrogen-bond donors (Lipinski definition) is 2. The summed E-state index contributed by atoms with van der Waals surface area (Å²) in [4.78, 5) is 14.5. The number of rotatable bonds is 4. The third-order valence-electron chi connectivity index (χ3n) is 4.38. The molecule has 2 fully saturated rings. The van der Waals surface area contributed by atoms with E-state index in [4.69, 9.17) is 9.84 Å². The van der Waals surface area contributed by atoms with Crippen molar-refractivity contribution < 1.29 is 19.0 Å². The molecule has 0 aliphatic carbocycles. The Morgan fingerprint density at radius 1 is 1.36 bits per heavy atom. The molecule has 1 amide bonds. The second-order valence-electron chi connectivity index (χ2n) is 5.99. The van der Waals surface area contributed by atoms with Gasteiger partial charge in [0.2, 0.25) is 0 Å². The Balaban J connectivity index is 1.54. The van der Waals surface area contributed by atoms with Crippen molar-refractivity contribution in [3.63, 3.8) is 0 Å². The molecule has 0 unspecified atom stereocenters. The molecule has 2 aliphatic heterocycles. The van der Waals surface area contributed by atoms with Crippen molar-refractivity contribution in [2.45, 2.75) is 31.0 Å². The van der Waals surface area contributed by atoms with E-state index in [0.717, 1.165) is 19.5 Å². The molecular weight excluding hydrogens is 287 g/mol. The van der Waals surface area contributed by atoms with Crippen LogP contribution in [0.25, 0.3) is 0 Å². The first kappa shape index (κ1) is 15.4. The largest absolute Gasteiger partial charge is 0.396 e. The van der Waals surface area contributed by atoms with Crippen LogP contribution in [0.15, 0.2) is 24.3 Å². The predicted molar refractivity (Wildman–Crippen MR) is 79.1 cm³/mol. The van der Waals surface area contributed by atoms with E-state index in [1.165, 1.54) is 24.3 Å². The van der Waals surface area contributed by atoms with Crippen molar-refractivity contribution in [3.8, 4) is 0 Å². The predicted octanol–water partition coefficient (Wildman–Crippen LogP) is 0.780. The number of carbonyl (C=O) groups excluding carboxylic acids is 1. The van der Waals surface area contributed by atoms with Gasteiger partial charge in [-0.3, -0.25) is 9.69 Å². The average Bonchev–Trinajstić information content (AvgIpc) is 2.89. The maximum atomic E-state index is 12.9. The van der Waals surface area contributed by atoms with E-state index in [1.54, 1.807) is 0 Å². The van der Waals surface area contributed by atoms with E-state index in [0.29, 0.717) is 24.6 Å². The van der Waals surface area contributed by atoms with Gasteiger partial charge in [0.15, 0.2) is 0 Å². The van der Waals surface area contributed by atoms with Gasteiger partial charge < -0.3 is 15.2 Å². The maximum Gasteiger partial charge on any atom is 0.251 e. The van der Waals surface area contributed by atoms with E-state index >= 15 is 0 Å². The average molecular weight is 308 g/mol. The van der Waals surface area contributed by atoms with E-state index < -0.39 is 0 Å². The second kappa shape index (κ2) is 6.73. The van der Waals surface area contributed by atoms with Gasteiger partial charge in [-0.15, -0.1) is 0 Å². The van der Waals surface area contributed by atoms with Crippen molar-refractivity contribution in [1.82, 2.24) is 10.2 Å². The molecule has 1 aromatic carbocycles. The highest BCUT2D eigenvalue weighted by Gasteiger charge is 2.37. The Kier molecular flexibility index (Phi) is 4.71. The van der Waals surface area contributed by atoms with Gasteiger partial charge >= 0.3 is 0 Å². The first-order chi connectivity index (χ1) is 10.7. The molecule has 6 heteroatoms. The molecule has 120 valence electrons. The molecule has 2 heterocycles. The Labute approximate surface area is 129 Å². The second-order valence-corrected chi connectivity index (χ2v) is 5.99. The zero-order valence-corrected chi connectivity index (χ0v) is 12.4. The monoisotopic (exact) mass is 308 g/mol. The van der Waals surface area contributed by atoms with Crippen LogP contribution in [0.5, 0.6) is 0 Å². The van der Waals surface area contributed by atoms with Crippen molar-refractivity contribution in [1.29, 1.82) is 0 Å². The van der Waals surface area contributed by atoms with Gasteiger partial charge in [-0.2, -0.15) is 0 Å². The number of morpholine rings is 1. The number of hydrogen-bond acceptors (Lipinski definition) is 4. The van der Waals surface area contributed by atoms with Crippen LogP contribution >= 0.6 is 0 Å². The lowest BCUT2D eigenvalue weighted by Gasteiger charge is -2.34. The van der Waals surface area contributed by atoms with Crippen LogP contribution in [0.3, 0.4) is 0 Å². The van der Waals surface area contributed by atoms with Gasteiger partial charge in [0.05, 0.1) is 12.7 Å². The minimum atomic E-state index is -0.346. The summed E-state index contributed by atoms with van der Waals surface area (Å²) in [7, 11) is 0. The van der Waals surface area contributed by atoms with E-state index in [9.17, 15) is 9.18 Å². The Morgan fingerprint density at radius 3 is 2.86 bits per heavy atom. The Hall–Kier alpha value is -1.50. The van der Waals surface area contributed by atoms with Gasteiger partial charge in [0.25, 0.3) is 5.91 Å². The summed E-state index contributed by atoms with van der Waals surface area (Å²) in [5, 5.41) is 12.0. The van der Waals surface area contributed by atoms with Crippen LogP contribution in [0, 0.1) is 5.82 Å². The molecule has 3 rings (SSSR count). The minimum Gasteiger partial charge on any atom is -0.396 e. The van der Waals surface area contributed by atoms with Gasteiger partial charge in [0.1, 0.15) is 5.82 Å². The van der Waals surface area contributed by atoms with Gasteiger partial charge in [-0.05, 0) is 37.1 Å². The summed E-state index contributed by atoms with van der Waals surface area (Å²) in [5.41, 5.74) is 0.473. The van der Waals surface area contributed by atoms with Crippen LogP contribution in [0.4, 0.5) is 4.39 Å². The van der Waals surface area contributed by atoms with Crippen molar-refractivity contribution in [3.05, 3.63) is 35.6 Å². The molecule has 2 aliphatic rings. The fraction of sp³-hybridized carbons (Fsp3) is 0.562. The third kappa shape index (κ3) is 3.45. The summed E-state index contributed by atoms with van der Waals surface area (Å²) in [5.74, 6) is -0.515. The Bertz CT molecular complexity index is 523. The molecule has 2 saturated heterocycles. The smallest absolute Gasteiger partial charge is 0.251 e. The highest BCUT2D eigenvalue weighted by atomic mass is 19.1. The zero-order chi connectivity index (χ0) is 15.5. The molecule has 0 saturated carbocycles. The standard InChI is InChI=1S/C16H21FN2O3/c17-12-3-1-11(2-4-12)16(21)18-13-7-14-10-22-15(5-6-20)9-19(14)8-13/h1-4,13-15,20H,5-10H2,(H,18,21)/t13-,14-,15-/m0/s1. The molecule has 0 spiro atoms. The number of aliphatic hydroxyl groups is 1. The normalized spacial score (nSPS) is 28.4. The van der Waals surface area contributed by atoms with Crippen LogP contribution < -0.4 is 5.32 Å². The number of aliphatic hydroxyl groups excluding tert-OH is 1. The van der Waals surface area contributed by atoms with Crippen LogP contribution in [0.1, 0.15) is 23.2 Å². The van der Waals surface area contributed by atoms with Gasteiger partial charge in [-0.1, -0.05) is 0 Å². The first-order valence-corrected chi connectivity index (χ1v) is 7.68. The number of ether oxygens (including phenoxy) is 1. The fourth-order valence-corrected chi connectivity index (χ4v) is 3.24. The highest BCUT2D eigenvalue weighted by Crippen LogP contribution is 2.24. The summed E-state index contributed by atoms with van der Waals surface area (Å²) in [6, 6.07) is 5.98. The number of benzene rings is 1. The van der Waals surface area contributed by atoms with Gasteiger partial charge in [-0.25, -0.2) is 4.39 Å². The van der Waals surface area contributed by atoms with Crippen LogP contribution in [0.2, 0.25) is 0 Å². The minimum absolute atomic E-state index is 0.0767. The number of amides is 1. The summed E-state index contributed by atoms with van der Waals surface area (Å²) >= 11 is 0. The quantitative estimate of drug-likeness (QED) is 0.863. The SMILES string of the molecule is O=C(N[C@H]1C[C@H]2CO[C@@H](CCO)CN2C1)c1ccc(F)cc1. The van der Waals surface area contributed by atoms with Crippen LogP contribution in [-0.4, -0.2) is 60.4 Å². The molecule has 0 bridgehead atoms. The molecule has 5 nitrogen and oxygen atoms in total. The Morgan fingerprint density at radius 2 is 2.14 bits per heavy atom.